The topological polar surface area (TPSA) is 35.2 Å². The van der Waals surface area contributed by atoms with Gasteiger partial charge in [0.2, 0.25) is 0 Å². The highest BCUT2D eigenvalue weighted by molar-refractivity contribution is 5.27. The standard InChI is InChI=1S/C14H19NO/c1-3-4-5-10-16-14-8-6-13(7-9-14)11-12(2)15/h1,6-9,12H,4-5,10-11,15H2,2H3. The first-order valence-corrected chi connectivity index (χ1v) is 5.63. The lowest BCUT2D eigenvalue weighted by atomic mass is 10.1. The average Bonchev–Trinajstić information content (AvgIpc) is 2.26. The van der Waals surface area contributed by atoms with Crippen LogP contribution in [0.25, 0.3) is 0 Å². The van der Waals surface area contributed by atoms with Gasteiger partial charge in [-0.1, -0.05) is 12.1 Å². The maximum atomic E-state index is 5.73. The van der Waals surface area contributed by atoms with E-state index in [0.717, 1.165) is 25.0 Å². The minimum Gasteiger partial charge on any atom is -0.494 e. The predicted molar refractivity (Wildman–Crippen MR) is 67.4 cm³/mol. The second kappa shape index (κ2) is 6.92. The Morgan fingerprint density at radius 2 is 2.06 bits per heavy atom. The van der Waals surface area contributed by atoms with E-state index in [9.17, 15) is 0 Å². The van der Waals surface area contributed by atoms with Crippen molar-refractivity contribution in [3.05, 3.63) is 29.8 Å². The van der Waals surface area contributed by atoms with Crippen LogP contribution >= 0.6 is 0 Å². The highest BCUT2D eigenvalue weighted by atomic mass is 16.5. The van der Waals surface area contributed by atoms with Crippen molar-refractivity contribution in [3.63, 3.8) is 0 Å². The summed E-state index contributed by atoms with van der Waals surface area (Å²) in [5.74, 6) is 3.48. The largest absolute Gasteiger partial charge is 0.494 e. The van der Waals surface area contributed by atoms with Crippen LogP contribution in [0.2, 0.25) is 0 Å². The Morgan fingerprint density at radius 3 is 2.62 bits per heavy atom. The molecule has 0 spiro atoms. The van der Waals surface area contributed by atoms with Crippen molar-refractivity contribution in [2.75, 3.05) is 6.61 Å². The van der Waals surface area contributed by atoms with Gasteiger partial charge in [0, 0.05) is 12.5 Å². The van der Waals surface area contributed by atoms with Crippen LogP contribution in [0.1, 0.15) is 25.3 Å². The highest BCUT2D eigenvalue weighted by Crippen LogP contribution is 2.13. The number of ether oxygens (including phenoxy) is 1. The molecule has 1 aromatic rings. The molecular weight excluding hydrogens is 198 g/mol. The molecule has 0 aliphatic rings. The lowest BCUT2D eigenvalue weighted by Crippen LogP contribution is -2.17. The van der Waals surface area contributed by atoms with E-state index in [1.807, 2.05) is 19.1 Å². The molecule has 0 saturated carbocycles. The molecule has 0 amide bonds. The first-order valence-electron chi connectivity index (χ1n) is 5.63. The van der Waals surface area contributed by atoms with Crippen molar-refractivity contribution >= 4 is 0 Å². The highest BCUT2D eigenvalue weighted by Gasteiger charge is 1.98. The van der Waals surface area contributed by atoms with Gasteiger partial charge in [-0.2, -0.15) is 0 Å². The van der Waals surface area contributed by atoms with Crippen molar-refractivity contribution in [1.29, 1.82) is 0 Å². The third-order valence-electron chi connectivity index (χ3n) is 2.22. The van der Waals surface area contributed by atoms with Gasteiger partial charge in [-0.05, 0) is 37.5 Å². The van der Waals surface area contributed by atoms with Gasteiger partial charge in [0.25, 0.3) is 0 Å². The van der Waals surface area contributed by atoms with E-state index in [1.165, 1.54) is 5.56 Å². The zero-order valence-corrected chi connectivity index (χ0v) is 9.78. The van der Waals surface area contributed by atoms with Gasteiger partial charge >= 0.3 is 0 Å². The third kappa shape index (κ3) is 4.86. The molecule has 0 fully saturated rings. The van der Waals surface area contributed by atoms with Gasteiger partial charge in [-0.3, -0.25) is 0 Å². The van der Waals surface area contributed by atoms with Crippen LogP contribution < -0.4 is 10.5 Å². The van der Waals surface area contributed by atoms with Crippen LogP contribution in [0.5, 0.6) is 5.75 Å². The molecule has 0 bridgehead atoms. The average molecular weight is 217 g/mol. The molecule has 2 N–H and O–H groups in total. The lowest BCUT2D eigenvalue weighted by Gasteiger charge is -2.07. The van der Waals surface area contributed by atoms with Gasteiger partial charge in [-0.25, -0.2) is 0 Å². The van der Waals surface area contributed by atoms with Crippen molar-refractivity contribution < 1.29 is 4.74 Å². The fourth-order valence-corrected chi connectivity index (χ4v) is 1.46. The summed E-state index contributed by atoms with van der Waals surface area (Å²) in [7, 11) is 0. The molecule has 1 rings (SSSR count). The van der Waals surface area contributed by atoms with Crippen LogP contribution in [-0.2, 0) is 6.42 Å². The van der Waals surface area contributed by atoms with Crippen LogP contribution in [0.3, 0.4) is 0 Å². The maximum absolute atomic E-state index is 5.73. The summed E-state index contributed by atoms with van der Waals surface area (Å²) in [6, 6.07) is 8.27. The molecule has 1 atom stereocenters. The molecule has 2 nitrogen and oxygen atoms in total. The zero-order chi connectivity index (χ0) is 11.8. The summed E-state index contributed by atoms with van der Waals surface area (Å²) < 4.78 is 5.54. The zero-order valence-electron chi connectivity index (χ0n) is 9.78. The second-order valence-corrected chi connectivity index (χ2v) is 3.98. The Hall–Kier alpha value is -1.46. The van der Waals surface area contributed by atoms with Gasteiger partial charge in [-0.15, -0.1) is 12.3 Å². The van der Waals surface area contributed by atoms with E-state index in [1.54, 1.807) is 0 Å². The quantitative estimate of drug-likeness (QED) is 0.586. The van der Waals surface area contributed by atoms with Gasteiger partial charge < -0.3 is 10.5 Å². The van der Waals surface area contributed by atoms with Gasteiger partial charge in [0.1, 0.15) is 5.75 Å². The number of hydrogen-bond acceptors (Lipinski definition) is 2. The van der Waals surface area contributed by atoms with Crippen LogP contribution in [0, 0.1) is 12.3 Å². The van der Waals surface area contributed by atoms with E-state index < -0.39 is 0 Å². The molecule has 1 unspecified atom stereocenters. The first kappa shape index (κ1) is 12.6. The number of benzene rings is 1. The summed E-state index contributed by atoms with van der Waals surface area (Å²) >= 11 is 0. The Labute approximate surface area is 97.8 Å². The monoisotopic (exact) mass is 217 g/mol. The Morgan fingerprint density at radius 1 is 1.38 bits per heavy atom. The molecule has 0 radical (unpaired) electrons. The number of nitrogens with two attached hydrogens (primary N) is 1. The molecule has 16 heavy (non-hydrogen) atoms. The SMILES string of the molecule is C#CCCCOc1ccc(CC(C)N)cc1. The minimum absolute atomic E-state index is 0.197. The van der Waals surface area contributed by atoms with Crippen LogP contribution in [0.4, 0.5) is 0 Å². The molecule has 0 heterocycles. The summed E-state index contributed by atoms with van der Waals surface area (Å²) in [5, 5.41) is 0. The molecule has 0 saturated heterocycles. The number of terminal acetylenes is 1. The Kier molecular flexibility index (Phi) is 5.45. The smallest absolute Gasteiger partial charge is 0.119 e. The van der Waals surface area contributed by atoms with E-state index in [-0.39, 0.29) is 6.04 Å². The number of rotatable bonds is 6. The van der Waals surface area contributed by atoms with Gasteiger partial charge in [0.05, 0.1) is 6.61 Å². The molecule has 1 aromatic carbocycles. The molecular formula is C14H19NO. The van der Waals surface area contributed by atoms with Crippen molar-refractivity contribution in [1.82, 2.24) is 0 Å². The van der Waals surface area contributed by atoms with Crippen molar-refractivity contribution in [2.45, 2.75) is 32.2 Å². The fourth-order valence-electron chi connectivity index (χ4n) is 1.46. The summed E-state index contributed by atoms with van der Waals surface area (Å²) in [4.78, 5) is 0. The summed E-state index contributed by atoms with van der Waals surface area (Å²) in [6.07, 6.45) is 7.72. The molecule has 2 heteroatoms. The van der Waals surface area contributed by atoms with E-state index >= 15 is 0 Å². The summed E-state index contributed by atoms with van der Waals surface area (Å²) in [5.41, 5.74) is 6.97. The first-order chi connectivity index (χ1) is 7.72. The van der Waals surface area contributed by atoms with E-state index in [4.69, 9.17) is 16.9 Å². The third-order valence-corrected chi connectivity index (χ3v) is 2.22. The van der Waals surface area contributed by atoms with Crippen LogP contribution in [-0.4, -0.2) is 12.6 Å². The number of hydrogen-bond donors (Lipinski definition) is 1. The lowest BCUT2D eigenvalue weighted by molar-refractivity contribution is 0.313. The van der Waals surface area contributed by atoms with Crippen molar-refractivity contribution in [2.24, 2.45) is 5.73 Å². The molecule has 0 aliphatic carbocycles. The Bertz CT molecular complexity index is 335. The van der Waals surface area contributed by atoms with Gasteiger partial charge in [0.15, 0.2) is 0 Å². The number of unbranched alkanes of at least 4 members (excludes halogenated alkanes) is 1. The molecule has 0 aliphatic heterocycles. The Balaban J connectivity index is 2.37. The fraction of sp³-hybridized carbons (Fsp3) is 0.429. The second-order valence-electron chi connectivity index (χ2n) is 3.98. The minimum atomic E-state index is 0.197. The van der Waals surface area contributed by atoms with E-state index in [2.05, 4.69) is 18.1 Å². The van der Waals surface area contributed by atoms with Crippen molar-refractivity contribution in [3.8, 4) is 18.1 Å². The van der Waals surface area contributed by atoms with E-state index in [0.29, 0.717) is 6.61 Å². The predicted octanol–water partition coefficient (Wildman–Crippen LogP) is 2.37. The maximum Gasteiger partial charge on any atom is 0.119 e. The molecule has 0 aromatic heterocycles. The molecule has 86 valence electrons. The normalized spacial score (nSPS) is 11.8. The van der Waals surface area contributed by atoms with Crippen LogP contribution in [0.15, 0.2) is 24.3 Å². The summed E-state index contributed by atoms with van der Waals surface area (Å²) in [6.45, 7) is 2.68.